The standard InChI is InChI=1S/C16H22N2O3/c1-3-16(2)4-6-18(7-5-16)15(19)11-8-13-14(9-12(11)17)21-10-20-13/h8-9H,3-7,10,17H2,1-2H3. The Kier molecular flexibility index (Phi) is 3.43. The van der Waals surface area contributed by atoms with Crippen LogP contribution in [0.25, 0.3) is 0 Å². The van der Waals surface area contributed by atoms with Gasteiger partial charge in [0.15, 0.2) is 11.5 Å². The highest BCUT2D eigenvalue weighted by Crippen LogP contribution is 2.38. The molecule has 1 amide bonds. The summed E-state index contributed by atoms with van der Waals surface area (Å²) in [6.45, 7) is 6.27. The van der Waals surface area contributed by atoms with Crippen LogP contribution in [0.2, 0.25) is 0 Å². The smallest absolute Gasteiger partial charge is 0.256 e. The van der Waals surface area contributed by atoms with E-state index in [1.807, 2.05) is 4.90 Å². The van der Waals surface area contributed by atoms with E-state index in [0.717, 1.165) is 32.4 Å². The molecule has 2 aliphatic heterocycles. The van der Waals surface area contributed by atoms with Crippen molar-refractivity contribution in [2.45, 2.75) is 33.1 Å². The van der Waals surface area contributed by atoms with E-state index in [4.69, 9.17) is 15.2 Å². The summed E-state index contributed by atoms with van der Waals surface area (Å²) in [6, 6.07) is 3.38. The van der Waals surface area contributed by atoms with Gasteiger partial charge in [-0.25, -0.2) is 0 Å². The van der Waals surface area contributed by atoms with Gasteiger partial charge in [0.1, 0.15) is 0 Å². The molecule has 2 N–H and O–H groups in total. The average molecular weight is 290 g/mol. The number of benzene rings is 1. The van der Waals surface area contributed by atoms with Crippen LogP contribution in [-0.2, 0) is 0 Å². The van der Waals surface area contributed by atoms with Gasteiger partial charge < -0.3 is 20.1 Å². The predicted octanol–water partition coefficient (Wildman–Crippen LogP) is 2.65. The number of anilines is 1. The third-order valence-electron chi connectivity index (χ3n) is 4.89. The maximum Gasteiger partial charge on any atom is 0.256 e. The molecule has 0 bridgehead atoms. The molecule has 2 heterocycles. The van der Waals surface area contributed by atoms with Crippen molar-refractivity contribution in [2.24, 2.45) is 5.41 Å². The first-order chi connectivity index (χ1) is 10.0. The zero-order valence-electron chi connectivity index (χ0n) is 12.6. The molecule has 2 aliphatic rings. The number of amides is 1. The van der Waals surface area contributed by atoms with Crippen molar-refractivity contribution in [3.05, 3.63) is 17.7 Å². The van der Waals surface area contributed by atoms with Crippen molar-refractivity contribution in [3.63, 3.8) is 0 Å². The van der Waals surface area contributed by atoms with Gasteiger partial charge in [0.05, 0.1) is 5.56 Å². The number of nitrogen functional groups attached to an aromatic ring is 1. The minimum absolute atomic E-state index is 0.0102. The van der Waals surface area contributed by atoms with Crippen molar-refractivity contribution in [1.82, 2.24) is 4.90 Å². The van der Waals surface area contributed by atoms with Gasteiger partial charge in [-0.15, -0.1) is 0 Å². The summed E-state index contributed by atoms with van der Waals surface area (Å²) in [7, 11) is 0. The fraction of sp³-hybridized carbons (Fsp3) is 0.562. The first-order valence-electron chi connectivity index (χ1n) is 7.51. The number of likely N-dealkylation sites (tertiary alicyclic amines) is 1. The summed E-state index contributed by atoms with van der Waals surface area (Å²) in [4.78, 5) is 14.6. The molecular weight excluding hydrogens is 268 g/mol. The van der Waals surface area contributed by atoms with Gasteiger partial charge in [-0.2, -0.15) is 0 Å². The Bertz CT molecular complexity index is 563. The molecule has 0 atom stereocenters. The molecule has 114 valence electrons. The van der Waals surface area contributed by atoms with Gasteiger partial charge >= 0.3 is 0 Å². The van der Waals surface area contributed by atoms with E-state index in [1.165, 1.54) is 0 Å². The van der Waals surface area contributed by atoms with Crippen molar-refractivity contribution >= 4 is 11.6 Å². The number of ether oxygens (including phenoxy) is 2. The fourth-order valence-electron chi connectivity index (χ4n) is 2.92. The first-order valence-corrected chi connectivity index (χ1v) is 7.51. The van der Waals surface area contributed by atoms with Gasteiger partial charge in [-0.1, -0.05) is 20.3 Å². The lowest BCUT2D eigenvalue weighted by molar-refractivity contribution is 0.0601. The molecule has 1 aromatic carbocycles. The molecule has 0 aliphatic carbocycles. The van der Waals surface area contributed by atoms with Crippen LogP contribution in [0.5, 0.6) is 11.5 Å². The molecule has 1 aromatic rings. The third kappa shape index (κ3) is 2.52. The highest BCUT2D eigenvalue weighted by Gasteiger charge is 2.31. The van der Waals surface area contributed by atoms with Gasteiger partial charge in [0, 0.05) is 24.8 Å². The van der Waals surface area contributed by atoms with Crippen LogP contribution in [0.15, 0.2) is 12.1 Å². The number of hydrogen-bond acceptors (Lipinski definition) is 4. The van der Waals surface area contributed by atoms with Crippen LogP contribution in [0, 0.1) is 5.41 Å². The van der Waals surface area contributed by atoms with E-state index in [-0.39, 0.29) is 12.7 Å². The Morgan fingerprint density at radius 3 is 2.52 bits per heavy atom. The van der Waals surface area contributed by atoms with E-state index in [1.54, 1.807) is 12.1 Å². The zero-order chi connectivity index (χ0) is 15.0. The second-order valence-electron chi connectivity index (χ2n) is 6.25. The SMILES string of the molecule is CCC1(C)CCN(C(=O)c2cc3c(cc2N)OCO3)CC1. The minimum Gasteiger partial charge on any atom is -0.454 e. The second-order valence-corrected chi connectivity index (χ2v) is 6.25. The number of rotatable bonds is 2. The number of carbonyl (C=O) groups is 1. The summed E-state index contributed by atoms with van der Waals surface area (Å²) in [6.07, 6.45) is 3.24. The fourth-order valence-corrected chi connectivity index (χ4v) is 2.92. The number of fused-ring (bicyclic) bond motifs is 1. The molecule has 1 saturated heterocycles. The molecule has 5 heteroatoms. The minimum atomic E-state index is -0.0102. The molecule has 5 nitrogen and oxygen atoms in total. The maximum atomic E-state index is 12.7. The summed E-state index contributed by atoms with van der Waals surface area (Å²) >= 11 is 0. The second kappa shape index (κ2) is 5.13. The van der Waals surface area contributed by atoms with Crippen molar-refractivity contribution in [1.29, 1.82) is 0 Å². The van der Waals surface area contributed by atoms with Crippen molar-refractivity contribution in [3.8, 4) is 11.5 Å². The Morgan fingerprint density at radius 1 is 1.29 bits per heavy atom. The average Bonchev–Trinajstić information content (AvgIpc) is 2.93. The lowest BCUT2D eigenvalue weighted by atomic mass is 9.78. The molecule has 0 aromatic heterocycles. The number of carbonyl (C=O) groups excluding carboxylic acids is 1. The number of piperidine rings is 1. The van der Waals surface area contributed by atoms with Crippen LogP contribution in [0.4, 0.5) is 5.69 Å². The van der Waals surface area contributed by atoms with E-state index < -0.39 is 0 Å². The largest absolute Gasteiger partial charge is 0.454 e. The number of hydrogen-bond donors (Lipinski definition) is 1. The van der Waals surface area contributed by atoms with Gasteiger partial charge in [0.25, 0.3) is 5.91 Å². The van der Waals surface area contributed by atoms with Crippen molar-refractivity contribution in [2.75, 3.05) is 25.6 Å². The van der Waals surface area contributed by atoms with Crippen LogP contribution < -0.4 is 15.2 Å². The topological polar surface area (TPSA) is 64.8 Å². The van der Waals surface area contributed by atoms with Crippen LogP contribution in [0.1, 0.15) is 43.5 Å². The van der Waals surface area contributed by atoms with E-state index >= 15 is 0 Å². The van der Waals surface area contributed by atoms with E-state index in [2.05, 4.69) is 13.8 Å². The summed E-state index contributed by atoms with van der Waals surface area (Å²) in [5.41, 5.74) is 7.32. The van der Waals surface area contributed by atoms with E-state index in [9.17, 15) is 4.79 Å². The van der Waals surface area contributed by atoms with Crippen LogP contribution in [-0.4, -0.2) is 30.7 Å². The van der Waals surface area contributed by atoms with Gasteiger partial charge in [-0.3, -0.25) is 4.79 Å². The van der Waals surface area contributed by atoms with E-state index in [0.29, 0.717) is 28.2 Å². The quantitative estimate of drug-likeness (QED) is 0.850. The van der Waals surface area contributed by atoms with Gasteiger partial charge in [-0.05, 0) is 24.3 Å². The monoisotopic (exact) mass is 290 g/mol. The maximum absolute atomic E-state index is 12.7. The Balaban J connectivity index is 1.77. The highest BCUT2D eigenvalue weighted by atomic mass is 16.7. The molecule has 0 saturated carbocycles. The number of nitrogens with two attached hydrogens (primary N) is 1. The molecule has 0 radical (unpaired) electrons. The Labute approximate surface area is 125 Å². The molecule has 1 fully saturated rings. The third-order valence-corrected chi connectivity index (χ3v) is 4.89. The lowest BCUT2D eigenvalue weighted by Gasteiger charge is -2.39. The highest BCUT2D eigenvalue weighted by molar-refractivity contribution is 6.00. The Hall–Kier alpha value is -1.91. The zero-order valence-corrected chi connectivity index (χ0v) is 12.6. The van der Waals surface area contributed by atoms with Gasteiger partial charge in [0.2, 0.25) is 6.79 Å². The molecule has 0 unspecified atom stereocenters. The summed E-state index contributed by atoms with van der Waals surface area (Å²) in [5.74, 6) is 1.20. The Morgan fingerprint density at radius 2 is 1.90 bits per heavy atom. The normalized spacial score (nSPS) is 19.6. The number of nitrogens with zero attached hydrogens (tertiary/aromatic N) is 1. The lowest BCUT2D eigenvalue weighted by Crippen LogP contribution is -2.42. The summed E-state index contributed by atoms with van der Waals surface area (Å²) < 4.78 is 10.6. The predicted molar refractivity (Wildman–Crippen MR) is 80.5 cm³/mol. The van der Waals surface area contributed by atoms with Crippen LogP contribution in [0.3, 0.4) is 0 Å². The van der Waals surface area contributed by atoms with Crippen molar-refractivity contribution < 1.29 is 14.3 Å². The molecule has 0 spiro atoms. The first kappa shape index (κ1) is 14.0. The summed E-state index contributed by atoms with van der Waals surface area (Å²) in [5, 5.41) is 0. The molecule has 21 heavy (non-hydrogen) atoms. The molecule has 3 rings (SSSR count). The van der Waals surface area contributed by atoms with Crippen LogP contribution >= 0.6 is 0 Å². The molecular formula is C16H22N2O3.